The van der Waals surface area contributed by atoms with E-state index in [-0.39, 0.29) is 0 Å². The summed E-state index contributed by atoms with van der Waals surface area (Å²) in [4.78, 5) is 28.3. The van der Waals surface area contributed by atoms with E-state index in [1.807, 2.05) is 36.4 Å². The third-order valence-corrected chi connectivity index (χ3v) is 2.83. The van der Waals surface area contributed by atoms with E-state index in [4.69, 9.17) is 4.74 Å². The first-order valence-corrected chi connectivity index (χ1v) is 6.67. The van der Waals surface area contributed by atoms with Crippen molar-refractivity contribution in [1.29, 1.82) is 0 Å². The maximum absolute atomic E-state index is 10.5. The maximum atomic E-state index is 10.5. The summed E-state index contributed by atoms with van der Waals surface area (Å²) in [6.45, 7) is 0. The van der Waals surface area contributed by atoms with Crippen LogP contribution in [0, 0.1) is 0 Å². The van der Waals surface area contributed by atoms with Crippen molar-refractivity contribution < 1.29 is 14.3 Å². The second-order valence-corrected chi connectivity index (χ2v) is 4.28. The Balaban J connectivity index is 2.27. The van der Waals surface area contributed by atoms with Gasteiger partial charge in [0.05, 0.1) is 0 Å². The number of carbonyl (C=O) groups excluding carboxylic acids is 2. The molecule has 0 amide bonds. The number of hydrogen-bond donors (Lipinski definition) is 0. The van der Waals surface area contributed by atoms with Crippen LogP contribution in [0.1, 0.15) is 11.1 Å². The Morgan fingerprint density at radius 1 is 0.739 bits per heavy atom. The topological polar surface area (TPSA) is 68.1 Å². The van der Waals surface area contributed by atoms with Crippen LogP contribution in [0.25, 0.3) is 11.4 Å². The molecular formula is C18H12N2O3. The number of rotatable bonds is 6. The summed E-state index contributed by atoms with van der Waals surface area (Å²) in [5.41, 5.74) is 2.01. The van der Waals surface area contributed by atoms with Crippen molar-refractivity contribution in [1.82, 2.24) is 0 Å². The summed E-state index contributed by atoms with van der Waals surface area (Å²) in [5.74, 6) is 0. The molecular weight excluding hydrogens is 292 g/mol. The van der Waals surface area contributed by atoms with Gasteiger partial charge in [0.25, 0.3) is 0 Å². The van der Waals surface area contributed by atoms with Crippen molar-refractivity contribution >= 4 is 23.6 Å². The summed E-state index contributed by atoms with van der Waals surface area (Å²) >= 11 is 0. The van der Waals surface area contributed by atoms with Gasteiger partial charge in [-0.3, -0.25) is 0 Å². The fourth-order valence-corrected chi connectivity index (χ4v) is 1.80. The standard InChI is InChI=1S/C18H12N2O3/c21-13-19-17(15-7-3-1-4-8-15)11-23-12-18(20-14-22)16-9-5-2-6-10-16/h1-12H. The highest BCUT2D eigenvalue weighted by Crippen LogP contribution is 2.18. The molecule has 0 heterocycles. The summed E-state index contributed by atoms with van der Waals surface area (Å²) in [7, 11) is 0. The minimum absolute atomic E-state index is 0.305. The molecule has 2 aromatic rings. The van der Waals surface area contributed by atoms with Gasteiger partial charge in [-0.05, 0) is 0 Å². The minimum atomic E-state index is 0.305. The molecule has 112 valence electrons. The Kier molecular flexibility index (Phi) is 6.00. The molecule has 5 heteroatoms. The first-order valence-electron chi connectivity index (χ1n) is 6.67. The zero-order valence-corrected chi connectivity index (χ0v) is 12.0. The van der Waals surface area contributed by atoms with Crippen molar-refractivity contribution in [2.45, 2.75) is 0 Å². The van der Waals surface area contributed by atoms with Gasteiger partial charge in [0.2, 0.25) is 12.2 Å². The van der Waals surface area contributed by atoms with Gasteiger partial charge < -0.3 is 4.74 Å². The highest BCUT2D eigenvalue weighted by Gasteiger charge is 2.01. The Labute approximate surface area is 133 Å². The van der Waals surface area contributed by atoms with Crippen LogP contribution in [0.15, 0.2) is 83.2 Å². The molecule has 23 heavy (non-hydrogen) atoms. The van der Waals surface area contributed by atoms with Crippen LogP contribution in [-0.4, -0.2) is 12.2 Å². The number of benzene rings is 2. The molecule has 0 aliphatic heterocycles. The minimum Gasteiger partial charge on any atom is -0.468 e. The monoisotopic (exact) mass is 304 g/mol. The lowest BCUT2D eigenvalue weighted by atomic mass is 10.2. The molecule has 0 bridgehead atoms. The van der Waals surface area contributed by atoms with Gasteiger partial charge in [-0.15, -0.1) is 0 Å². The summed E-state index contributed by atoms with van der Waals surface area (Å²) < 4.78 is 5.30. The first kappa shape index (κ1) is 15.9. The van der Waals surface area contributed by atoms with E-state index in [0.29, 0.717) is 22.5 Å². The fraction of sp³-hybridized carbons (Fsp3) is 0. The van der Waals surface area contributed by atoms with Crippen molar-refractivity contribution in [2.75, 3.05) is 0 Å². The third kappa shape index (κ3) is 4.76. The molecule has 0 saturated heterocycles. The molecule has 0 fully saturated rings. The molecule has 2 aromatic carbocycles. The van der Waals surface area contributed by atoms with E-state index < -0.39 is 0 Å². The first-order chi connectivity index (χ1) is 11.3. The van der Waals surface area contributed by atoms with Crippen LogP contribution in [0.2, 0.25) is 0 Å². The quantitative estimate of drug-likeness (QED) is 0.464. The van der Waals surface area contributed by atoms with Crippen LogP contribution < -0.4 is 0 Å². The zero-order valence-electron chi connectivity index (χ0n) is 12.0. The van der Waals surface area contributed by atoms with E-state index in [1.54, 1.807) is 24.3 Å². The van der Waals surface area contributed by atoms with E-state index in [0.717, 1.165) is 0 Å². The molecule has 0 aliphatic rings. The Morgan fingerprint density at radius 3 is 1.48 bits per heavy atom. The zero-order chi connectivity index (χ0) is 16.3. The van der Waals surface area contributed by atoms with Crippen LogP contribution in [0.3, 0.4) is 0 Å². The van der Waals surface area contributed by atoms with Crippen LogP contribution >= 0.6 is 0 Å². The van der Waals surface area contributed by atoms with Crippen LogP contribution in [-0.2, 0) is 14.3 Å². The predicted octanol–water partition coefficient (Wildman–Crippen LogP) is 3.67. The number of isocyanates is 2. The van der Waals surface area contributed by atoms with Crippen molar-refractivity contribution in [3.63, 3.8) is 0 Å². The molecule has 0 N–H and O–H groups in total. The molecule has 0 aliphatic carbocycles. The largest absolute Gasteiger partial charge is 0.468 e. The average molecular weight is 304 g/mol. The van der Waals surface area contributed by atoms with Crippen molar-refractivity contribution in [3.8, 4) is 0 Å². The molecule has 0 spiro atoms. The number of nitrogens with zero attached hydrogens (tertiary/aromatic N) is 2. The molecule has 5 nitrogen and oxygen atoms in total. The van der Waals surface area contributed by atoms with Gasteiger partial charge in [-0.25, -0.2) is 9.59 Å². The predicted molar refractivity (Wildman–Crippen MR) is 86.2 cm³/mol. The van der Waals surface area contributed by atoms with Crippen LogP contribution in [0.5, 0.6) is 0 Å². The van der Waals surface area contributed by atoms with Gasteiger partial charge in [-0.1, -0.05) is 60.7 Å². The molecule has 0 aromatic heterocycles. The molecule has 0 atom stereocenters. The van der Waals surface area contributed by atoms with Crippen molar-refractivity contribution in [3.05, 3.63) is 84.3 Å². The van der Waals surface area contributed by atoms with Gasteiger partial charge in [0.15, 0.2) is 0 Å². The summed E-state index contributed by atoms with van der Waals surface area (Å²) in [6, 6.07) is 18.1. The lowest BCUT2D eigenvalue weighted by molar-refractivity contribution is 0.405. The smallest absolute Gasteiger partial charge is 0.240 e. The molecule has 0 radical (unpaired) electrons. The third-order valence-electron chi connectivity index (χ3n) is 2.83. The summed E-state index contributed by atoms with van der Waals surface area (Å²) in [5, 5.41) is 0. The summed E-state index contributed by atoms with van der Waals surface area (Å²) in [6.07, 6.45) is 5.53. The van der Waals surface area contributed by atoms with Gasteiger partial charge in [0.1, 0.15) is 23.9 Å². The molecule has 2 rings (SSSR count). The highest BCUT2D eigenvalue weighted by molar-refractivity contribution is 5.69. The molecule has 0 unspecified atom stereocenters. The molecule has 0 saturated carbocycles. The Morgan fingerprint density at radius 2 is 1.13 bits per heavy atom. The van der Waals surface area contributed by atoms with E-state index in [1.165, 1.54) is 24.7 Å². The Hall–Kier alpha value is -3.52. The van der Waals surface area contributed by atoms with Gasteiger partial charge in [-0.2, -0.15) is 9.98 Å². The van der Waals surface area contributed by atoms with Crippen LogP contribution in [0.4, 0.5) is 0 Å². The lowest BCUT2D eigenvalue weighted by Gasteiger charge is -2.01. The lowest BCUT2D eigenvalue weighted by Crippen LogP contribution is -1.84. The number of ether oxygens (including phenoxy) is 1. The van der Waals surface area contributed by atoms with E-state index >= 15 is 0 Å². The number of aliphatic imine (C=N–C) groups is 2. The average Bonchev–Trinajstić information content (AvgIpc) is 2.61. The van der Waals surface area contributed by atoms with E-state index in [2.05, 4.69) is 9.98 Å². The number of hydrogen-bond acceptors (Lipinski definition) is 5. The fourth-order valence-electron chi connectivity index (χ4n) is 1.80. The van der Waals surface area contributed by atoms with E-state index in [9.17, 15) is 9.59 Å². The Bertz CT molecular complexity index is 729. The van der Waals surface area contributed by atoms with Gasteiger partial charge in [0, 0.05) is 11.1 Å². The second kappa shape index (κ2) is 8.70. The highest BCUT2D eigenvalue weighted by atomic mass is 16.5. The second-order valence-electron chi connectivity index (χ2n) is 4.28. The SMILES string of the molecule is O=C=NC(=COC=C(N=C=O)c1ccccc1)c1ccccc1. The maximum Gasteiger partial charge on any atom is 0.240 e. The van der Waals surface area contributed by atoms with Crippen molar-refractivity contribution in [2.24, 2.45) is 9.98 Å². The van der Waals surface area contributed by atoms with Gasteiger partial charge >= 0.3 is 0 Å². The normalized spacial score (nSPS) is 11.1.